The van der Waals surface area contributed by atoms with Gasteiger partial charge in [-0.2, -0.15) is 0 Å². The van der Waals surface area contributed by atoms with Gasteiger partial charge in [-0.15, -0.1) is 0 Å². The van der Waals surface area contributed by atoms with Crippen LogP contribution in [0.2, 0.25) is 0 Å². The second-order valence-electron chi connectivity index (χ2n) is 6.97. The summed E-state index contributed by atoms with van der Waals surface area (Å²) in [5.74, 6) is -1.28. The monoisotopic (exact) mass is 427 g/mol. The van der Waals surface area contributed by atoms with Crippen LogP contribution in [0.25, 0.3) is 0 Å². The molecule has 154 valence electrons. The Morgan fingerprint density at radius 2 is 1.03 bits per heavy atom. The Morgan fingerprint density at radius 3 is 1.45 bits per heavy atom. The minimum absolute atomic E-state index is 0.346. The summed E-state index contributed by atoms with van der Waals surface area (Å²) in [5.41, 5.74) is 1.10. The zero-order valence-electron chi connectivity index (χ0n) is 16.6. The van der Waals surface area contributed by atoms with E-state index >= 15 is 0 Å². The first-order chi connectivity index (χ1) is 15.1. The maximum absolute atomic E-state index is 11.4. The highest BCUT2D eigenvalue weighted by Gasteiger charge is 2.39. The Hall–Kier alpha value is -3.54. The van der Waals surface area contributed by atoms with Crippen LogP contribution in [0.5, 0.6) is 0 Å². The van der Waals surface area contributed by atoms with Gasteiger partial charge >= 0.3 is 5.97 Å². The summed E-state index contributed by atoms with van der Waals surface area (Å²) < 4.78 is 0. The van der Waals surface area contributed by atoms with Crippen molar-refractivity contribution in [1.29, 1.82) is 0 Å². The molecule has 0 spiro atoms. The summed E-state index contributed by atoms with van der Waals surface area (Å²) in [6, 6.07) is 33.5. The van der Waals surface area contributed by atoms with Gasteiger partial charge in [-0.3, -0.25) is 0 Å². The number of anilines is 2. The molecule has 0 radical (unpaired) electrons. The van der Waals surface area contributed by atoms with E-state index in [4.69, 9.17) is 0 Å². The van der Waals surface area contributed by atoms with Crippen LogP contribution in [-0.2, 0) is 10.4 Å². The fourth-order valence-electron chi connectivity index (χ4n) is 3.35. The number of carboxylic acid groups (broad SMARTS) is 1. The molecule has 1 aliphatic heterocycles. The minimum Gasteiger partial charge on any atom is -0.479 e. The molecule has 0 atom stereocenters. The van der Waals surface area contributed by atoms with Gasteiger partial charge in [-0.05, 0) is 35.4 Å². The van der Waals surface area contributed by atoms with Crippen molar-refractivity contribution in [3.05, 3.63) is 120 Å². The van der Waals surface area contributed by atoms with E-state index in [-0.39, 0.29) is 0 Å². The highest BCUT2D eigenvalue weighted by atomic mass is 32.2. The second-order valence-corrected chi connectivity index (χ2v) is 8.05. The van der Waals surface area contributed by atoms with Crippen molar-refractivity contribution < 1.29 is 15.0 Å². The number of aliphatic hydroxyl groups is 1. The molecule has 0 saturated carbocycles. The quantitative estimate of drug-likeness (QED) is 0.334. The van der Waals surface area contributed by atoms with E-state index < -0.39 is 11.6 Å². The molecular formula is C26H21NO3S. The van der Waals surface area contributed by atoms with Crippen molar-refractivity contribution in [2.45, 2.75) is 15.4 Å². The van der Waals surface area contributed by atoms with E-state index in [1.807, 2.05) is 11.8 Å². The molecule has 1 aliphatic rings. The van der Waals surface area contributed by atoms with E-state index in [2.05, 4.69) is 53.8 Å². The molecule has 0 aliphatic carbocycles. The maximum atomic E-state index is 11.4. The number of para-hydroxylation sites is 2. The molecule has 5 rings (SSSR count). The first-order valence-electron chi connectivity index (χ1n) is 9.79. The van der Waals surface area contributed by atoms with Gasteiger partial charge in [0.2, 0.25) is 5.60 Å². The van der Waals surface area contributed by atoms with Gasteiger partial charge in [0.05, 0.1) is 11.4 Å². The summed E-state index contributed by atoms with van der Waals surface area (Å²) in [6.07, 6.45) is 0. The third kappa shape index (κ3) is 4.33. The Balaban J connectivity index is 0.000000151. The zero-order chi connectivity index (χ0) is 21.7. The number of aliphatic carboxylic acids is 1. The van der Waals surface area contributed by atoms with Crippen molar-refractivity contribution in [2.75, 3.05) is 5.32 Å². The van der Waals surface area contributed by atoms with E-state index in [1.165, 1.54) is 21.2 Å². The van der Waals surface area contributed by atoms with E-state index in [1.54, 1.807) is 60.7 Å². The van der Waals surface area contributed by atoms with Gasteiger partial charge in [0.25, 0.3) is 0 Å². The van der Waals surface area contributed by atoms with Crippen molar-refractivity contribution in [1.82, 2.24) is 0 Å². The molecule has 0 saturated heterocycles. The highest BCUT2D eigenvalue weighted by Crippen LogP contribution is 2.43. The van der Waals surface area contributed by atoms with Crippen LogP contribution in [0, 0.1) is 0 Å². The number of benzene rings is 4. The van der Waals surface area contributed by atoms with Crippen LogP contribution < -0.4 is 5.32 Å². The van der Waals surface area contributed by atoms with Crippen LogP contribution in [0.4, 0.5) is 11.4 Å². The molecule has 31 heavy (non-hydrogen) atoms. The second kappa shape index (κ2) is 9.08. The molecule has 4 aromatic rings. The highest BCUT2D eigenvalue weighted by molar-refractivity contribution is 7.99. The molecule has 0 unspecified atom stereocenters. The molecule has 0 bridgehead atoms. The van der Waals surface area contributed by atoms with Gasteiger partial charge < -0.3 is 15.5 Å². The Labute approximate surface area is 185 Å². The number of carbonyl (C=O) groups is 1. The van der Waals surface area contributed by atoms with Crippen LogP contribution in [0.1, 0.15) is 11.1 Å². The SMILES string of the molecule is O=C(O)C(O)(c1ccccc1)c1ccccc1.c1ccc2c(c1)Nc1ccccc1S2. The van der Waals surface area contributed by atoms with E-state index in [0.29, 0.717) is 11.1 Å². The van der Waals surface area contributed by atoms with Gasteiger partial charge in [-0.1, -0.05) is 96.7 Å². The Kier molecular flexibility index (Phi) is 6.07. The Bertz CT molecular complexity index is 1050. The number of fused-ring (bicyclic) bond motifs is 2. The van der Waals surface area contributed by atoms with E-state index in [0.717, 1.165) is 0 Å². The van der Waals surface area contributed by atoms with Gasteiger partial charge in [0.1, 0.15) is 0 Å². The number of nitrogens with one attached hydrogen (secondary N) is 1. The van der Waals surface area contributed by atoms with E-state index in [9.17, 15) is 15.0 Å². The Morgan fingerprint density at radius 1 is 0.645 bits per heavy atom. The normalized spacial score (nSPS) is 11.8. The number of rotatable bonds is 3. The summed E-state index contributed by atoms with van der Waals surface area (Å²) in [4.78, 5) is 14.0. The number of hydrogen-bond donors (Lipinski definition) is 3. The number of carboxylic acids is 1. The largest absolute Gasteiger partial charge is 0.479 e. The molecule has 0 fully saturated rings. The molecular weight excluding hydrogens is 406 g/mol. The summed E-state index contributed by atoms with van der Waals surface area (Å²) in [5, 5.41) is 23.1. The number of hydrogen-bond acceptors (Lipinski definition) is 4. The average Bonchev–Trinajstić information content (AvgIpc) is 2.83. The third-order valence-corrected chi connectivity index (χ3v) is 6.11. The molecule has 3 N–H and O–H groups in total. The smallest absolute Gasteiger partial charge is 0.345 e. The predicted molar refractivity (Wildman–Crippen MR) is 124 cm³/mol. The van der Waals surface area contributed by atoms with Gasteiger partial charge in [-0.25, -0.2) is 4.79 Å². The standard InChI is InChI=1S/C14H12O3.C12H9NS/c15-13(16)14(17,11-7-3-1-4-8-11)12-9-5-2-6-10-12;1-3-7-11-9(5-1)13-10-6-2-4-8-12(10)14-11/h1-10,17H,(H,15,16);1-8,13H. The fraction of sp³-hybridized carbons (Fsp3) is 0.0385. The van der Waals surface area contributed by atoms with Gasteiger partial charge in [0.15, 0.2) is 0 Å². The van der Waals surface area contributed by atoms with Crippen molar-refractivity contribution in [3.63, 3.8) is 0 Å². The minimum atomic E-state index is -2.00. The molecule has 0 aromatic heterocycles. The molecule has 0 amide bonds. The lowest BCUT2D eigenvalue weighted by Crippen LogP contribution is -2.36. The van der Waals surface area contributed by atoms with Crippen molar-refractivity contribution >= 4 is 29.1 Å². The lowest BCUT2D eigenvalue weighted by Gasteiger charge is -2.24. The third-order valence-electron chi connectivity index (χ3n) is 4.96. The van der Waals surface area contributed by atoms with Crippen molar-refractivity contribution in [3.8, 4) is 0 Å². The lowest BCUT2D eigenvalue weighted by molar-refractivity contribution is -0.155. The topological polar surface area (TPSA) is 69.6 Å². The zero-order valence-corrected chi connectivity index (χ0v) is 17.4. The first-order valence-corrected chi connectivity index (χ1v) is 10.6. The summed E-state index contributed by atoms with van der Waals surface area (Å²) >= 11 is 1.82. The summed E-state index contributed by atoms with van der Waals surface area (Å²) in [7, 11) is 0. The van der Waals surface area contributed by atoms with Crippen LogP contribution in [0.3, 0.4) is 0 Å². The lowest BCUT2D eigenvalue weighted by atomic mass is 9.86. The molecule has 5 heteroatoms. The fourth-order valence-corrected chi connectivity index (χ4v) is 4.34. The van der Waals surface area contributed by atoms with Crippen LogP contribution in [-0.4, -0.2) is 16.2 Å². The van der Waals surface area contributed by atoms with Crippen LogP contribution >= 0.6 is 11.8 Å². The van der Waals surface area contributed by atoms with Crippen molar-refractivity contribution in [2.24, 2.45) is 0 Å². The average molecular weight is 428 g/mol. The molecule has 1 heterocycles. The summed E-state index contributed by atoms with van der Waals surface area (Å²) in [6.45, 7) is 0. The van der Waals surface area contributed by atoms with Gasteiger partial charge in [0, 0.05) is 9.79 Å². The van der Waals surface area contributed by atoms with Crippen LogP contribution in [0.15, 0.2) is 119 Å². The maximum Gasteiger partial charge on any atom is 0.345 e. The first kappa shape index (κ1) is 20.7. The molecule has 4 nitrogen and oxygen atoms in total. The molecule has 4 aromatic carbocycles. The predicted octanol–water partition coefficient (Wildman–Crippen LogP) is 5.90.